The molecule has 0 aliphatic heterocycles. The first-order valence-electron chi connectivity index (χ1n) is 8.46. The topological polar surface area (TPSA) is 73.9 Å². The van der Waals surface area contributed by atoms with E-state index in [1.807, 2.05) is 42.7 Å². The number of nitrogens with one attached hydrogen (secondary N) is 1. The number of methoxy groups -OCH3 is 1. The maximum Gasteiger partial charge on any atom is 0.344 e. The average Bonchev–Trinajstić information content (AvgIpc) is 3.18. The molecule has 1 amide bonds. The Morgan fingerprint density at radius 3 is 2.74 bits per heavy atom. The van der Waals surface area contributed by atoms with E-state index in [9.17, 15) is 9.59 Å². The molecule has 2 rings (SSSR count). The molecule has 0 bridgehead atoms. The first-order chi connectivity index (χ1) is 13.0. The lowest BCUT2D eigenvalue weighted by molar-refractivity contribution is -0.156. The number of amides is 1. The maximum atomic E-state index is 12.0. The van der Waals surface area contributed by atoms with E-state index in [-0.39, 0.29) is 12.5 Å². The summed E-state index contributed by atoms with van der Waals surface area (Å²) in [5.41, 5.74) is 0.959. The highest BCUT2D eigenvalue weighted by atomic mass is 32.1. The standard InChI is InChI=1S/C20H23NO5S/c1-4-6-15-8-9-17(18(11-15)24-3)25-13-19(22)26-14(2)20(23)21-12-16-7-5-10-27-16/h4-11,14H,12-13H2,1-3H3,(H,21,23)/b6-4+/t14-/m1/s1. The van der Waals surface area contributed by atoms with Crippen molar-refractivity contribution in [2.75, 3.05) is 13.7 Å². The van der Waals surface area contributed by atoms with E-state index in [1.54, 1.807) is 23.5 Å². The summed E-state index contributed by atoms with van der Waals surface area (Å²) in [5.74, 6) is -0.0453. The minimum atomic E-state index is -0.903. The van der Waals surface area contributed by atoms with Crippen molar-refractivity contribution in [3.05, 3.63) is 52.2 Å². The van der Waals surface area contributed by atoms with Crippen LogP contribution < -0.4 is 14.8 Å². The predicted octanol–water partition coefficient (Wildman–Crippen LogP) is 3.42. The number of thiophene rings is 1. The van der Waals surface area contributed by atoms with Crippen molar-refractivity contribution < 1.29 is 23.8 Å². The first-order valence-corrected chi connectivity index (χ1v) is 9.34. The molecule has 0 saturated heterocycles. The fourth-order valence-corrected chi connectivity index (χ4v) is 2.90. The Labute approximate surface area is 162 Å². The van der Waals surface area contributed by atoms with Crippen LogP contribution in [0.1, 0.15) is 24.3 Å². The van der Waals surface area contributed by atoms with Gasteiger partial charge in [0.15, 0.2) is 24.2 Å². The number of rotatable bonds is 9. The van der Waals surface area contributed by atoms with Gasteiger partial charge in [0.05, 0.1) is 13.7 Å². The van der Waals surface area contributed by atoms with Gasteiger partial charge in [-0.05, 0) is 43.0 Å². The number of allylic oxidation sites excluding steroid dienone is 1. The first kappa shape index (κ1) is 20.5. The van der Waals surface area contributed by atoms with E-state index in [4.69, 9.17) is 14.2 Å². The van der Waals surface area contributed by atoms with Crippen molar-refractivity contribution in [1.82, 2.24) is 5.32 Å². The van der Waals surface area contributed by atoms with Crippen LogP contribution in [-0.4, -0.2) is 31.7 Å². The molecule has 1 heterocycles. The fraction of sp³-hybridized carbons (Fsp3) is 0.300. The Morgan fingerprint density at radius 1 is 1.26 bits per heavy atom. The molecule has 144 valence electrons. The van der Waals surface area contributed by atoms with Crippen LogP contribution in [0.15, 0.2) is 41.8 Å². The average molecular weight is 389 g/mol. The van der Waals surface area contributed by atoms with Crippen LogP contribution in [0, 0.1) is 0 Å². The van der Waals surface area contributed by atoms with Crippen LogP contribution in [0.5, 0.6) is 11.5 Å². The summed E-state index contributed by atoms with van der Waals surface area (Å²) < 4.78 is 15.9. The van der Waals surface area contributed by atoms with Crippen LogP contribution in [0.3, 0.4) is 0 Å². The normalized spacial score (nSPS) is 11.8. The summed E-state index contributed by atoms with van der Waals surface area (Å²) in [5, 5.41) is 4.66. The van der Waals surface area contributed by atoms with Crippen molar-refractivity contribution in [2.45, 2.75) is 26.5 Å². The highest BCUT2D eigenvalue weighted by molar-refractivity contribution is 7.09. The van der Waals surface area contributed by atoms with E-state index in [1.165, 1.54) is 14.0 Å². The number of esters is 1. The fourth-order valence-electron chi connectivity index (χ4n) is 2.25. The second-order valence-corrected chi connectivity index (χ2v) is 6.66. The molecule has 0 saturated carbocycles. The Kier molecular flexibility index (Phi) is 7.88. The zero-order valence-corrected chi connectivity index (χ0v) is 16.4. The van der Waals surface area contributed by atoms with Gasteiger partial charge in [0, 0.05) is 4.88 Å². The Morgan fingerprint density at radius 2 is 2.07 bits per heavy atom. The summed E-state index contributed by atoms with van der Waals surface area (Å²) in [6.07, 6.45) is 2.94. The highest BCUT2D eigenvalue weighted by Crippen LogP contribution is 2.28. The van der Waals surface area contributed by atoms with Gasteiger partial charge in [-0.25, -0.2) is 4.79 Å². The minimum Gasteiger partial charge on any atom is -0.493 e. The summed E-state index contributed by atoms with van der Waals surface area (Å²) in [4.78, 5) is 25.0. The van der Waals surface area contributed by atoms with Crippen LogP contribution in [0.2, 0.25) is 0 Å². The quantitative estimate of drug-likeness (QED) is 0.665. The van der Waals surface area contributed by atoms with Crippen molar-refractivity contribution in [1.29, 1.82) is 0 Å². The largest absolute Gasteiger partial charge is 0.493 e. The van der Waals surface area contributed by atoms with E-state index in [2.05, 4.69) is 5.32 Å². The van der Waals surface area contributed by atoms with Gasteiger partial charge in [-0.15, -0.1) is 11.3 Å². The summed E-state index contributed by atoms with van der Waals surface area (Å²) in [6.45, 7) is 3.53. The summed E-state index contributed by atoms with van der Waals surface area (Å²) in [7, 11) is 1.53. The molecule has 2 aromatic rings. The lowest BCUT2D eigenvalue weighted by Gasteiger charge is -2.14. The van der Waals surface area contributed by atoms with Gasteiger partial charge < -0.3 is 19.5 Å². The van der Waals surface area contributed by atoms with Crippen molar-refractivity contribution in [3.63, 3.8) is 0 Å². The zero-order chi connectivity index (χ0) is 19.6. The third-order valence-corrected chi connectivity index (χ3v) is 4.46. The molecule has 27 heavy (non-hydrogen) atoms. The molecular weight excluding hydrogens is 366 g/mol. The Hall–Kier alpha value is -2.80. The number of benzene rings is 1. The van der Waals surface area contributed by atoms with Gasteiger partial charge in [0.1, 0.15) is 0 Å². The molecule has 0 spiro atoms. The molecule has 1 aromatic carbocycles. The predicted molar refractivity (Wildman–Crippen MR) is 105 cm³/mol. The molecule has 0 aliphatic carbocycles. The third-order valence-electron chi connectivity index (χ3n) is 3.59. The van der Waals surface area contributed by atoms with Gasteiger partial charge in [-0.1, -0.05) is 24.3 Å². The monoisotopic (exact) mass is 389 g/mol. The van der Waals surface area contributed by atoms with E-state index in [0.717, 1.165) is 10.4 Å². The summed E-state index contributed by atoms with van der Waals surface area (Å²) >= 11 is 1.55. The summed E-state index contributed by atoms with van der Waals surface area (Å²) in [6, 6.07) is 9.21. The molecular formula is C20H23NO5S. The van der Waals surface area contributed by atoms with E-state index < -0.39 is 12.1 Å². The molecule has 0 aliphatic rings. The maximum absolute atomic E-state index is 12.0. The molecule has 7 heteroatoms. The van der Waals surface area contributed by atoms with Crippen molar-refractivity contribution in [2.24, 2.45) is 0 Å². The number of carbonyl (C=O) groups excluding carboxylic acids is 2. The molecule has 0 unspecified atom stereocenters. The number of ether oxygens (including phenoxy) is 3. The number of hydrogen-bond acceptors (Lipinski definition) is 6. The second kappa shape index (κ2) is 10.4. The molecule has 6 nitrogen and oxygen atoms in total. The van der Waals surface area contributed by atoms with E-state index in [0.29, 0.717) is 18.0 Å². The third kappa shape index (κ3) is 6.45. The SMILES string of the molecule is C/C=C/c1ccc(OCC(=O)O[C@H](C)C(=O)NCc2cccs2)c(OC)c1. The highest BCUT2D eigenvalue weighted by Gasteiger charge is 2.18. The lowest BCUT2D eigenvalue weighted by atomic mass is 10.2. The van der Waals surface area contributed by atoms with Crippen LogP contribution in [0.4, 0.5) is 0 Å². The molecule has 0 radical (unpaired) electrons. The molecule has 1 atom stereocenters. The molecule has 1 N–H and O–H groups in total. The van der Waals surface area contributed by atoms with Gasteiger partial charge in [-0.3, -0.25) is 4.79 Å². The van der Waals surface area contributed by atoms with Gasteiger partial charge in [0.25, 0.3) is 5.91 Å². The van der Waals surface area contributed by atoms with Crippen molar-refractivity contribution >= 4 is 29.3 Å². The second-order valence-electron chi connectivity index (χ2n) is 5.63. The van der Waals surface area contributed by atoms with Crippen molar-refractivity contribution in [3.8, 4) is 11.5 Å². The minimum absolute atomic E-state index is 0.318. The van der Waals surface area contributed by atoms with Crippen LogP contribution in [-0.2, 0) is 20.9 Å². The smallest absolute Gasteiger partial charge is 0.344 e. The van der Waals surface area contributed by atoms with Gasteiger partial charge in [-0.2, -0.15) is 0 Å². The lowest BCUT2D eigenvalue weighted by Crippen LogP contribution is -2.36. The molecule has 1 aromatic heterocycles. The van der Waals surface area contributed by atoms with E-state index >= 15 is 0 Å². The van der Waals surface area contributed by atoms with Gasteiger partial charge >= 0.3 is 5.97 Å². The van der Waals surface area contributed by atoms with Gasteiger partial charge in [0.2, 0.25) is 0 Å². The zero-order valence-electron chi connectivity index (χ0n) is 15.6. The Balaban J connectivity index is 1.82. The number of hydrogen-bond donors (Lipinski definition) is 1. The van der Waals surface area contributed by atoms with Crippen LogP contribution in [0.25, 0.3) is 6.08 Å². The van der Waals surface area contributed by atoms with Crippen LogP contribution >= 0.6 is 11.3 Å². The Bertz CT molecular complexity index is 786. The molecule has 0 fully saturated rings. The number of carbonyl (C=O) groups is 2.